The second-order valence-corrected chi connectivity index (χ2v) is 4.31. The molecule has 6 heteroatoms. The molecule has 0 amide bonds. The van der Waals surface area contributed by atoms with E-state index in [9.17, 15) is 15.3 Å². The van der Waals surface area contributed by atoms with E-state index in [4.69, 9.17) is 0 Å². The summed E-state index contributed by atoms with van der Waals surface area (Å²) in [5.41, 5.74) is 0.343. The summed E-state index contributed by atoms with van der Waals surface area (Å²) in [6.45, 7) is 3.18. The van der Waals surface area contributed by atoms with E-state index < -0.39 is 4.92 Å². The minimum atomic E-state index is -0.458. The molecule has 1 aromatic rings. The normalized spacial score (nSPS) is 15.9. The molecule has 17 heavy (non-hydrogen) atoms. The van der Waals surface area contributed by atoms with Crippen molar-refractivity contribution in [1.29, 1.82) is 0 Å². The van der Waals surface area contributed by atoms with Crippen LogP contribution in [-0.2, 0) is 0 Å². The standard InChI is InChI=1S/C11H15N3O3/c1-9-7-10(14(16)17)8-11(13(9)15)12-5-3-2-4-6-12/h7-8H,2-6H2,1H3. The molecule has 1 aliphatic heterocycles. The molecule has 1 aliphatic rings. The van der Waals surface area contributed by atoms with Gasteiger partial charge in [-0.2, -0.15) is 0 Å². The van der Waals surface area contributed by atoms with Crippen LogP contribution in [0.5, 0.6) is 0 Å². The van der Waals surface area contributed by atoms with Crippen molar-refractivity contribution in [2.45, 2.75) is 26.2 Å². The Kier molecular flexibility index (Phi) is 3.12. The fourth-order valence-corrected chi connectivity index (χ4v) is 2.13. The molecular formula is C11H15N3O3. The van der Waals surface area contributed by atoms with Crippen LogP contribution in [0.1, 0.15) is 25.0 Å². The van der Waals surface area contributed by atoms with E-state index >= 15 is 0 Å². The van der Waals surface area contributed by atoms with Crippen molar-refractivity contribution in [2.24, 2.45) is 0 Å². The maximum absolute atomic E-state index is 11.9. The van der Waals surface area contributed by atoms with Gasteiger partial charge in [-0.15, -0.1) is 0 Å². The van der Waals surface area contributed by atoms with Crippen LogP contribution in [0.3, 0.4) is 0 Å². The first-order valence-electron chi connectivity index (χ1n) is 5.73. The summed E-state index contributed by atoms with van der Waals surface area (Å²) in [6, 6.07) is 2.67. The van der Waals surface area contributed by atoms with Gasteiger partial charge in [0.1, 0.15) is 11.8 Å². The Bertz CT molecular complexity index is 442. The van der Waals surface area contributed by atoms with Crippen LogP contribution in [0, 0.1) is 22.2 Å². The maximum Gasteiger partial charge on any atom is 0.286 e. The lowest BCUT2D eigenvalue weighted by molar-refractivity contribution is -0.600. The second kappa shape index (κ2) is 4.57. The third-order valence-electron chi connectivity index (χ3n) is 3.05. The summed E-state index contributed by atoms with van der Waals surface area (Å²) < 4.78 is 0.776. The molecule has 0 radical (unpaired) electrons. The fraction of sp³-hybridized carbons (Fsp3) is 0.545. The Hall–Kier alpha value is -1.85. The highest BCUT2D eigenvalue weighted by Gasteiger charge is 2.24. The minimum Gasteiger partial charge on any atom is -0.710 e. The molecule has 1 fully saturated rings. The molecule has 0 aliphatic carbocycles. The number of rotatable bonds is 2. The van der Waals surface area contributed by atoms with E-state index in [0.29, 0.717) is 11.5 Å². The van der Waals surface area contributed by atoms with Crippen molar-refractivity contribution < 1.29 is 9.65 Å². The van der Waals surface area contributed by atoms with Gasteiger partial charge in [0.05, 0.1) is 24.1 Å². The number of nitro groups is 1. The van der Waals surface area contributed by atoms with E-state index in [1.165, 1.54) is 12.1 Å². The van der Waals surface area contributed by atoms with E-state index in [0.717, 1.165) is 37.1 Å². The van der Waals surface area contributed by atoms with Crippen LogP contribution in [-0.4, -0.2) is 18.0 Å². The number of piperidine rings is 1. The topological polar surface area (TPSA) is 73.3 Å². The SMILES string of the molecule is Cc1cc([N+](=O)[O-])cc(N2CCCCC2)[n+]1[O-]. The van der Waals surface area contributed by atoms with Crippen LogP contribution < -0.4 is 9.63 Å². The first kappa shape index (κ1) is 11.6. The molecule has 1 aromatic heterocycles. The Morgan fingerprint density at radius 2 is 1.94 bits per heavy atom. The average molecular weight is 237 g/mol. The zero-order valence-electron chi connectivity index (χ0n) is 9.76. The van der Waals surface area contributed by atoms with Crippen LogP contribution in [0.25, 0.3) is 0 Å². The van der Waals surface area contributed by atoms with Gasteiger partial charge in [-0.3, -0.25) is 15.0 Å². The second-order valence-electron chi connectivity index (χ2n) is 4.31. The molecule has 2 rings (SSSR count). The zero-order valence-corrected chi connectivity index (χ0v) is 9.76. The van der Waals surface area contributed by atoms with E-state index in [1.807, 2.05) is 4.90 Å². The molecule has 0 unspecified atom stereocenters. The highest BCUT2D eigenvalue weighted by Crippen LogP contribution is 2.21. The van der Waals surface area contributed by atoms with Gasteiger partial charge in [-0.1, -0.05) is 0 Å². The van der Waals surface area contributed by atoms with Crippen molar-refractivity contribution in [2.75, 3.05) is 18.0 Å². The highest BCUT2D eigenvalue weighted by atomic mass is 16.6. The lowest BCUT2D eigenvalue weighted by Crippen LogP contribution is -2.42. The van der Waals surface area contributed by atoms with Crippen molar-refractivity contribution in [3.05, 3.63) is 33.1 Å². The molecule has 0 aromatic carbocycles. The Labute approximate surface area is 99.2 Å². The van der Waals surface area contributed by atoms with Crippen LogP contribution >= 0.6 is 0 Å². The molecule has 0 bridgehead atoms. The molecular weight excluding hydrogens is 222 g/mol. The number of anilines is 1. The summed E-state index contributed by atoms with van der Waals surface area (Å²) in [7, 11) is 0. The predicted molar refractivity (Wildman–Crippen MR) is 62.9 cm³/mol. The third-order valence-corrected chi connectivity index (χ3v) is 3.05. The van der Waals surface area contributed by atoms with Crippen molar-refractivity contribution in [3.8, 4) is 0 Å². The average Bonchev–Trinajstić information content (AvgIpc) is 2.33. The summed E-state index contributed by atoms with van der Waals surface area (Å²) in [6.07, 6.45) is 3.22. The summed E-state index contributed by atoms with van der Waals surface area (Å²) >= 11 is 0. The Balaban J connectivity index is 2.40. The van der Waals surface area contributed by atoms with Crippen molar-refractivity contribution >= 4 is 11.5 Å². The van der Waals surface area contributed by atoms with Gasteiger partial charge in [-0.25, -0.2) is 4.73 Å². The summed E-state index contributed by atoms with van der Waals surface area (Å²) in [5, 5.41) is 22.7. The number of hydrogen-bond donors (Lipinski definition) is 0. The number of nitrogens with zero attached hydrogens (tertiary/aromatic N) is 3. The summed E-state index contributed by atoms with van der Waals surface area (Å²) in [5.74, 6) is 0.399. The van der Waals surface area contributed by atoms with E-state index in [1.54, 1.807) is 6.92 Å². The first-order chi connectivity index (χ1) is 8.09. The molecule has 1 saturated heterocycles. The van der Waals surface area contributed by atoms with Gasteiger partial charge in [0.2, 0.25) is 0 Å². The van der Waals surface area contributed by atoms with Crippen LogP contribution in [0.4, 0.5) is 11.5 Å². The van der Waals surface area contributed by atoms with Crippen molar-refractivity contribution in [3.63, 3.8) is 0 Å². The van der Waals surface area contributed by atoms with E-state index in [2.05, 4.69) is 0 Å². The molecule has 0 spiro atoms. The molecule has 0 atom stereocenters. The molecule has 0 N–H and O–H groups in total. The Morgan fingerprint density at radius 1 is 1.29 bits per heavy atom. The van der Waals surface area contributed by atoms with Gasteiger partial charge in [-0.05, 0) is 26.2 Å². The fourth-order valence-electron chi connectivity index (χ4n) is 2.13. The number of pyridine rings is 1. The minimum absolute atomic E-state index is 0.0184. The van der Waals surface area contributed by atoms with Crippen LogP contribution in [0.15, 0.2) is 12.1 Å². The molecule has 92 valence electrons. The van der Waals surface area contributed by atoms with Gasteiger partial charge >= 0.3 is 0 Å². The number of aryl methyl sites for hydroxylation is 1. The maximum atomic E-state index is 11.9. The lowest BCUT2D eigenvalue weighted by Gasteiger charge is -2.24. The molecule has 6 nitrogen and oxygen atoms in total. The number of aromatic nitrogens is 1. The highest BCUT2D eigenvalue weighted by molar-refractivity contribution is 5.44. The first-order valence-corrected chi connectivity index (χ1v) is 5.73. The smallest absolute Gasteiger partial charge is 0.286 e. The van der Waals surface area contributed by atoms with E-state index in [-0.39, 0.29) is 5.69 Å². The number of hydrogen-bond acceptors (Lipinski definition) is 4. The predicted octanol–water partition coefficient (Wildman–Crippen LogP) is 1.53. The third kappa shape index (κ3) is 2.30. The van der Waals surface area contributed by atoms with Gasteiger partial charge < -0.3 is 5.21 Å². The van der Waals surface area contributed by atoms with Gasteiger partial charge in [0, 0.05) is 0 Å². The molecule has 2 heterocycles. The summed E-state index contributed by atoms with van der Waals surface area (Å²) in [4.78, 5) is 12.2. The van der Waals surface area contributed by atoms with Crippen molar-refractivity contribution in [1.82, 2.24) is 0 Å². The van der Waals surface area contributed by atoms with Gasteiger partial charge in [0.15, 0.2) is 0 Å². The van der Waals surface area contributed by atoms with Gasteiger partial charge in [0.25, 0.3) is 11.5 Å². The quantitative estimate of drug-likeness (QED) is 0.338. The largest absolute Gasteiger partial charge is 0.710 e. The zero-order chi connectivity index (χ0) is 12.4. The monoisotopic (exact) mass is 237 g/mol. The lowest BCUT2D eigenvalue weighted by atomic mass is 10.1. The molecule has 0 saturated carbocycles. The van der Waals surface area contributed by atoms with Crippen LogP contribution in [0.2, 0.25) is 0 Å². The Morgan fingerprint density at radius 3 is 2.53 bits per heavy atom.